The quantitative estimate of drug-likeness (QED) is 0.620. The molecular weight excluding hydrogens is 218 g/mol. The number of benzene rings is 1. The van der Waals surface area contributed by atoms with E-state index in [2.05, 4.69) is 5.32 Å². The first kappa shape index (κ1) is 14.0. The number of ether oxygens (including phenoxy) is 1. The second-order valence-corrected chi connectivity index (χ2v) is 3.84. The molecule has 0 saturated heterocycles. The Balaban J connectivity index is 2.31. The van der Waals surface area contributed by atoms with E-state index in [1.165, 1.54) is 5.56 Å². The van der Waals surface area contributed by atoms with Gasteiger partial charge in [-0.05, 0) is 37.6 Å². The van der Waals surface area contributed by atoms with Crippen molar-refractivity contribution in [1.29, 1.82) is 0 Å². The fraction of sp³-hybridized carbons (Fsp3) is 0.538. The molecule has 0 bridgehead atoms. The van der Waals surface area contributed by atoms with Crippen LogP contribution in [0.5, 0.6) is 5.75 Å². The average molecular weight is 239 g/mol. The summed E-state index contributed by atoms with van der Waals surface area (Å²) in [4.78, 5) is 0. The SMILES string of the molecule is CCOc1ccc(CCNC(CO)CO)cc1. The van der Waals surface area contributed by atoms with E-state index in [4.69, 9.17) is 14.9 Å². The van der Waals surface area contributed by atoms with Gasteiger partial charge in [0.1, 0.15) is 5.75 Å². The Morgan fingerprint density at radius 1 is 1.18 bits per heavy atom. The standard InChI is InChI=1S/C13H21NO3/c1-2-17-13-5-3-11(4-6-13)7-8-14-12(9-15)10-16/h3-6,12,14-16H,2,7-10H2,1H3. The maximum atomic E-state index is 8.88. The van der Waals surface area contributed by atoms with Gasteiger partial charge in [0.2, 0.25) is 0 Å². The topological polar surface area (TPSA) is 61.7 Å². The molecule has 0 unspecified atom stereocenters. The molecule has 17 heavy (non-hydrogen) atoms. The fourth-order valence-corrected chi connectivity index (χ4v) is 1.53. The second kappa shape index (κ2) is 8.06. The predicted octanol–water partition coefficient (Wildman–Crippen LogP) is 0.571. The minimum atomic E-state index is -0.224. The van der Waals surface area contributed by atoms with Crippen molar-refractivity contribution in [2.24, 2.45) is 0 Å². The number of hydrogen-bond acceptors (Lipinski definition) is 4. The largest absolute Gasteiger partial charge is 0.494 e. The Kier molecular flexibility index (Phi) is 6.62. The van der Waals surface area contributed by atoms with Crippen molar-refractivity contribution in [2.45, 2.75) is 19.4 Å². The molecule has 96 valence electrons. The predicted molar refractivity (Wildman–Crippen MR) is 67.3 cm³/mol. The first-order valence-corrected chi connectivity index (χ1v) is 5.97. The van der Waals surface area contributed by atoms with Crippen molar-refractivity contribution in [3.8, 4) is 5.75 Å². The van der Waals surface area contributed by atoms with Crippen LogP contribution in [0.15, 0.2) is 24.3 Å². The summed E-state index contributed by atoms with van der Waals surface area (Å²) in [6.07, 6.45) is 0.864. The summed E-state index contributed by atoms with van der Waals surface area (Å²) >= 11 is 0. The monoisotopic (exact) mass is 239 g/mol. The molecule has 0 amide bonds. The zero-order valence-electron chi connectivity index (χ0n) is 10.2. The molecule has 0 fully saturated rings. The van der Waals surface area contributed by atoms with Gasteiger partial charge >= 0.3 is 0 Å². The first-order valence-electron chi connectivity index (χ1n) is 5.97. The summed E-state index contributed by atoms with van der Waals surface area (Å²) in [6.45, 7) is 3.29. The molecule has 0 spiro atoms. The lowest BCUT2D eigenvalue weighted by Crippen LogP contribution is -2.36. The summed E-state index contributed by atoms with van der Waals surface area (Å²) in [5, 5.41) is 20.8. The number of aliphatic hydroxyl groups is 2. The van der Waals surface area contributed by atoms with E-state index in [0.717, 1.165) is 18.7 Å². The van der Waals surface area contributed by atoms with Crippen molar-refractivity contribution >= 4 is 0 Å². The lowest BCUT2D eigenvalue weighted by molar-refractivity contribution is 0.171. The molecule has 0 radical (unpaired) electrons. The number of aliphatic hydroxyl groups excluding tert-OH is 2. The molecule has 4 nitrogen and oxygen atoms in total. The maximum Gasteiger partial charge on any atom is 0.119 e. The van der Waals surface area contributed by atoms with E-state index in [9.17, 15) is 0 Å². The van der Waals surface area contributed by atoms with Gasteiger partial charge in [0, 0.05) is 0 Å². The average Bonchev–Trinajstić information content (AvgIpc) is 2.37. The third kappa shape index (κ3) is 5.17. The number of rotatable bonds is 8. The van der Waals surface area contributed by atoms with Crippen LogP contribution < -0.4 is 10.1 Å². The Hall–Kier alpha value is -1.10. The Bertz CT molecular complexity index is 296. The highest BCUT2D eigenvalue weighted by atomic mass is 16.5. The Morgan fingerprint density at radius 3 is 2.35 bits per heavy atom. The second-order valence-electron chi connectivity index (χ2n) is 3.84. The number of nitrogens with one attached hydrogen (secondary N) is 1. The molecule has 0 aliphatic heterocycles. The first-order chi connectivity index (χ1) is 8.30. The minimum absolute atomic E-state index is 0.0419. The molecule has 1 aromatic rings. The smallest absolute Gasteiger partial charge is 0.119 e. The molecule has 4 heteroatoms. The van der Waals surface area contributed by atoms with Crippen LogP contribution in [0.2, 0.25) is 0 Å². The zero-order valence-corrected chi connectivity index (χ0v) is 10.2. The summed E-state index contributed by atoms with van der Waals surface area (Å²) in [5.74, 6) is 0.882. The lowest BCUT2D eigenvalue weighted by Gasteiger charge is -2.13. The van der Waals surface area contributed by atoms with Crippen LogP contribution in [-0.4, -0.2) is 42.6 Å². The molecule has 0 aromatic heterocycles. The van der Waals surface area contributed by atoms with Crippen LogP contribution >= 0.6 is 0 Å². The van der Waals surface area contributed by atoms with Gasteiger partial charge in [-0.25, -0.2) is 0 Å². The van der Waals surface area contributed by atoms with E-state index in [1.807, 2.05) is 31.2 Å². The summed E-state index contributed by atoms with van der Waals surface area (Å²) < 4.78 is 5.36. The third-order valence-electron chi connectivity index (χ3n) is 2.52. The van der Waals surface area contributed by atoms with Crippen LogP contribution in [0.4, 0.5) is 0 Å². The summed E-state index contributed by atoms with van der Waals surface area (Å²) in [5.41, 5.74) is 1.20. The van der Waals surface area contributed by atoms with Gasteiger partial charge in [-0.1, -0.05) is 12.1 Å². The molecule has 0 atom stereocenters. The molecule has 3 N–H and O–H groups in total. The molecular formula is C13H21NO3. The highest BCUT2D eigenvalue weighted by Crippen LogP contribution is 2.12. The molecule has 0 aliphatic carbocycles. The van der Waals surface area contributed by atoms with Crippen LogP contribution in [0.25, 0.3) is 0 Å². The molecule has 0 saturated carbocycles. The molecule has 1 aromatic carbocycles. The van der Waals surface area contributed by atoms with Gasteiger partial charge < -0.3 is 20.3 Å². The van der Waals surface area contributed by atoms with Crippen LogP contribution in [0.1, 0.15) is 12.5 Å². The van der Waals surface area contributed by atoms with Crippen LogP contribution in [0, 0.1) is 0 Å². The van der Waals surface area contributed by atoms with Gasteiger partial charge in [0.05, 0.1) is 25.9 Å². The van der Waals surface area contributed by atoms with Gasteiger partial charge in [-0.15, -0.1) is 0 Å². The normalized spacial score (nSPS) is 10.8. The van der Waals surface area contributed by atoms with Crippen molar-refractivity contribution in [2.75, 3.05) is 26.4 Å². The zero-order chi connectivity index (χ0) is 12.5. The van der Waals surface area contributed by atoms with Crippen LogP contribution in [0.3, 0.4) is 0 Å². The van der Waals surface area contributed by atoms with E-state index in [-0.39, 0.29) is 19.3 Å². The van der Waals surface area contributed by atoms with E-state index in [0.29, 0.717) is 6.61 Å². The van der Waals surface area contributed by atoms with Crippen LogP contribution in [-0.2, 0) is 6.42 Å². The highest BCUT2D eigenvalue weighted by molar-refractivity contribution is 5.27. The summed E-state index contributed by atoms with van der Waals surface area (Å²) in [6, 6.07) is 7.74. The van der Waals surface area contributed by atoms with Gasteiger partial charge in [-0.2, -0.15) is 0 Å². The Morgan fingerprint density at radius 2 is 1.82 bits per heavy atom. The fourth-order valence-electron chi connectivity index (χ4n) is 1.53. The molecule has 0 heterocycles. The number of hydrogen-bond donors (Lipinski definition) is 3. The van der Waals surface area contributed by atoms with Crippen molar-refractivity contribution < 1.29 is 14.9 Å². The molecule has 0 aliphatic rings. The minimum Gasteiger partial charge on any atom is -0.494 e. The maximum absolute atomic E-state index is 8.88. The Labute approximate surface area is 102 Å². The lowest BCUT2D eigenvalue weighted by atomic mass is 10.1. The van der Waals surface area contributed by atoms with Crippen molar-refractivity contribution in [3.05, 3.63) is 29.8 Å². The van der Waals surface area contributed by atoms with Gasteiger partial charge in [-0.3, -0.25) is 0 Å². The molecule has 1 rings (SSSR count). The van der Waals surface area contributed by atoms with E-state index >= 15 is 0 Å². The van der Waals surface area contributed by atoms with E-state index in [1.54, 1.807) is 0 Å². The van der Waals surface area contributed by atoms with Gasteiger partial charge in [0.25, 0.3) is 0 Å². The van der Waals surface area contributed by atoms with E-state index < -0.39 is 0 Å². The highest BCUT2D eigenvalue weighted by Gasteiger charge is 2.03. The van der Waals surface area contributed by atoms with Gasteiger partial charge in [0.15, 0.2) is 0 Å². The van der Waals surface area contributed by atoms with Crippen molar-refractivity contribution in [1.82, 2.24) is 5.32 Å². The third-order valence-corrected chi connectivity index (χ3v) is 2.52. The van der Waals surface area contributed by atoms with Crippen molar-refractivity contribution in [3.63, 3.8) is 0 Å². The summed E-state index contributed by atoms with van der Waals surface area (Å²) in [7, 11) is 0.